The van der Waals surface area contributed by atoms with Crippen molar-refractivity contribution in [2.24, 2.45) is 5.73 Å². The number of hydrogen-bond donors (Lipinski definition) is 1. The predicted octanol–water partition coefficient (Wildman–Crippen LogP) is 2.94. The first kappa shape index (κ1) is 18.4. The quantitative estimate of drug-likeness (QED) is 0.757. The summed E-state index contributed by atoms with van der Waals surface area (Å²) in [6.07, 6.45) is 2.29. The molecule has 2 aromatic heterocycles. The van der Waals surface area contributed by atoms with Crippen molar-refractivity contribution in [1.29, 1.82) is 0 Å². The van der Waals surface area contributed by atoms with Crippen LogP contribution in [0.4, 0.5) is 5.82 Å². The van der Waals surface area contributed by atoms with E-state index in [1.54, 1.807) is 6.20 Å². The number of primary amides is 1. The van der Waals surface area contributed by atoms with Gasteiger partial charge in [-0.15, -0.1) is 0 Å². The number of anilines is 1. The summed E-state index contributed by atoms with van der Waals surface area (Å²) in [6.45, 7) is 5.85. The van der Waals surface area contributed by atoms with E-state index in [2.05, 4.69) is 35.9 Å². The van der Waals surface area contributed by atoms with E-state index >= 15 is 0 Å². The van der Waals surface area contributed by atoms with Crippen molar-refractivity contribution in [2.45, 2.75) is 32.5 Å². The van der Waals surface area contributed by atoms with E-state index in [1.165, 1.54) is 0 Å². The molecule has 3 heterocycles. The van der Waals surface area contributed by atoms with Crippen molar-refractivity contribution >= 4 is 22.5 Å². The molecule has 0 bridgehead atoms. The van der Waals surface area contributed by atoms with Gasteiger partial charge in [0.1, 0.15) is 5.82 Å². The lowest BCUT2D eigenvalue weighted by atomic mass is 10.0. The van der Waals surface area contributed by atoms with Gasteiger partial charge in [-0.3, -0.25) is 9.78 Å². The first-order chi connectivity index (χ1) is 13.5. The minimum atomic E-state index is -0.383. The third-order valence-corrected chi connectivity index (χ3v) is 4.91. The van der Waals surface area contributed by atoms with Gasteiger partial charge in [0.15, 0.2) is 0 Å². The summed E-state index contributed by atoms with van der Waals surface area (Å²) >= 11 is 0. The maximum absolute atomic E-state index is 11.2. The summed E-state index contributed by atoms with van der Waals surface area (Å²) < 4.78 is 5.83. The van der Waals surface area contributed by atoms with Gasteiger partial charge in [-0.1, -0.05) is 18.2 Å². The number of nitrogens with two attached hydrogens (primary N) is 1. The fourth-order valence-corrected chi connectivity index (χ4v) is 3.75. The minimum absolute atomic E-state index is 0.140. The number of nitrogens with zero attached hydrogens (tertiary/aromatic N) is 3. The van der Waals surface area contributed by atoms with Gasteiger partial charge < -0.3 is 15.4 Å². The molecule has 0 aliphatic carbocycles. The van der Waals surface area contributed by atoms with E-state index in [4.69, 9.17) is 15.5 Å². The van der Waals surface area contributed by atoms with Gasteiger partial charge in [-0.05, 0) is 43.5 Å². The van der Waals surface area contributed by atoms with Crippen molar-refractivity contribution in [3.63, 3.8) is 0 Å². The second-order valence-electron chi connectivity index (χ2n) is 7.42. The smallest absolute Gasteiger partial charge is 0.223 e. The molecule has 0 spiro atoms. The number of rotatable bonds is 4. The first-order valence-electron chi connectivity index (χ1n) is 9.53. The summed E-state index contributed by atoms with van der Waals surface area (Å²) in [4.78, 5) is 22.7. The van der Waals surface area contributed by atoms with E-state index in [-0.39, 0.29) is 24.5 Å². The monoisotopic (exact) mass is 376 g/mol. The van der Waals surface area contributed by atoms with Crippen molar-refractivity contribution < 1.29 is 9.53 Å². The Morgan fingerprint density at radius 1 is 1.14 bits per heavy atom. The zero-order chi connectivity index (χ0) is 19.7. The molecule has 4 rings (SSSR count). The van der Waals surface area contributed by atoms with Crippen LogP contribution in [0.3, 0.4) is 0 Å². The number of hydrogen-bond acceptors (Lipinski definition) is 5. The van der Waals surface area contributed by atoms with Gasteiger partial charge in [0.2, 0.25) is 5.91 Å². The molecule has 0 saturated carbocycles. The molecule has 6 nitrogen and oxygen atoms in total. The highest BCUT2D eigenvalue weighted by Gasteiger charge is 2.23. The second kappa shape index (κ2) is 7.56. The molecule has 28 heavy (non-hydrogen) atoms. The van der Waals surface area contributed by atoms with Crippen LogP contribution >= 0.6 is 0 Å². The Labute approximate surface area is 164 Å². The van der Waals surface area contributed by atoms with Gasteiger partial charge in [-0.25, -0.2) is 4.98 Å². The number of ether oxygens (including phenoxy) is 1. The summed E-state index contributed by atoms with van der Waals surface area (Å²) in [6, 6.07) is 14.2. The van der Waals surface area contributed by atoms with Crippen LogP contribution < -0.4 is 10.6 Å². The maximum Gasteiger partial charge on any atom is 0.223 e. The third kappa shape index (κ3) is 3.97. The van der Waals surface area contributed by atoms with Crippen LogP contribution in [0, 0.1) is 0 Å². The summed E-state index contributed by atoms with van der Waals surface area (Å²) in [5.41, 5.74) is 7.91. The van der Waals surface area contributed by atoms with Gasteiger partial charge in [0.25, 0.3) is 0 Å². The molecule has 1 aromatic carbocycles. The van der Waals surface area contributed by atoms with Crippen LogP contribution in [0.25, 0.3) is 22.0 Å². The number of carbonyl (C=O) groups is 1. The van der Waals surface area contributed by atoms with Crippen LogP contribution in [0.1, 0.15) is 19.5 Å². The lowest BCUT2D eigenvalue weighted by Gasteiger charge is -2.36. The van der Waals surface area contributed by atoms with Gasteiger partial charge in [0.05, 0.1) is 30.0 Å². The average molecular weight is 376 g/mol. The maximum atomic E-state index is 11.2. The molecular formula is C22H24N4O2. The lowest BCUT2D eigenvalue weighted by Crippen LogP contribution is -2.45. The molecule has 0 radical (unpaired) electrons. The average Bonchev–Trinajstić information content (AvgIpc) is 2.66. The van der Waals surface area contributed by atoms with Crippen LogP contribution in [0.5, 0.6) is 0 Å². The summed E-state index contributed by atoms with van der Waals surface area (Å²) in [5.74, 6) is 0.579. The predicted molar refractivity (Wildman–Crippen MR) is 110 cm³/mol. The topological polar surface area (TPSA) is 81.3 Å². The van der Waals surface area contributed by atoms with Crippen molar-refractivity contribution in [1.82, 2.24) is 9.97 Å². The molecule has 2 N–H and O–H groups in total. The Hall–Kier alpha value is -2.99. The second-order valence-corrected chi connectivity index (χ2v) is 7.42. The Balaban J connectivity index is 1.66. The molecule has 1 fully saturated rings. The van der Waals surface area contributed by atoms with Crippen LogP contribution in [0.2, 0.25) is 0 Å². The van der Waals surface area contributed by atoms with Gasteiger partial charge >= 0.3 is 0 Å². The molecule has 1 saturated heterocycles. The number of morpholine rings is 1. The molecule has 6 heteroatoms. The number of pyridine rings is 2. The highest BCUT2D eigenvalue weighted by molar-refractivity contribution is 5.87. The Morgan fingerprint density at radius 2 is 1.93 bits per heavy atom. The highest BCUT2D eigenvalue weighted by Crippen LogP contribution is 2.26. The van der Waals surface area contributed by atoms with Crippen LogP contribution in [0.15, 0.2) is 48.7 Å². The van der Waals surface area contributed by atoms with Crippen molar-refractivity contribution in [2.75, 3.05) is 18.0 Å². The minimum Gasteiger partial charge on any atom is -0.372 e. The van der Waals surface area contributed by atoms with Crippen LogP contribution in [-0.4, -0.2) is 41.2 Å². The Kier molecular flexibility index (Phi) is 4.96. The number of carbonyl (C=O) groups excluding carboxylic acids is 1. The lowest BCUT2D eigenvalue weighted by molar-refractivity contribution is -0.117. The van der Waals surface area contributed by atoms with Crippen molar-refractivity contribution in [3.8, 4) is 11.3 Å². The molecule has 0 unspecified atom stereocenters. The highest BCUT2D eigenvalue weighted by atomic mass is 16.5. The standard InChI is InChI=1S/C22H24N4O2/c1-14-12-26(13-15(2)28-14)22-5-3-4-20(25-22)16-6-7-17-11-24-19(10-21(23)27)9-18(17)8-16/h3-9,11,14-15H,10,12-13H2,1-2H3,(H2,23,27)/t14-,15+. The number of amides is 1. The molecule has 1 aliphatic rings. The molecular weight excluding hydrogens is 352 g/mol. The normalized spacial score (nSPS) is 19.7. The van der Waals surface area contributed by atoms with E-state index in [9.17, 15) is 4.79 Å². The summed E-state index contributed by atoms with van der Waals surface area (Å²) in [7, 11) is 0. The fraction of sp³-hybridized carbons (Fsp3) is 0.318. The van der Waals surface area contributed by atoms with Crippen molar-refractivity contribution in [3.05, 3.63) is 54.4 Å². The molecule has 1 aliphatic heterocycles. The van der Waals surface area contributed by atoms with E-state index in [0.717, 1.165) is 40.9 Å². The Bertz CT molecular complexity index is 1010. The SMILES string of the molecule is C[C@@H]1CN(c2cccc(-c3ccc4cnc(CC(N)=O)cc4c3)n2)C[C@H](C)O1. The van der Waals surface area contributed by atoms with E-state index < -0.39 is 0 Å². The zero-order valence-electron chi connectivity index (χ0n) is 16.1. The van der Waals surface area contributed by atoms with E-state index in [0.29, 0.717) is 5.69 Å². The fourth-order valence-electron chi connectivity index (χ4n) is 3.75. The third-order valence-electron chi connectivity index (χ3n) is 4.91. The first-order valence-corrected chi connectivity index (χ1v) is 9.53. The zero-order valence-corrected chi connectivity index (χ0v) is 16.1. The number of fused-ring (bicyclic) bond motifs is 1. The molecule has 1 amide bonds. The van der Waals surface area contributed by atoms with Crippen LogP contribution in [-0.2, 0) is 16.0 Å². The largest absolute Gasteiger partial charge is 0.372 e. The number of aromatic nitrogens is 2. The van der Waals surface area contributed by atoms with Gasteiger partial charge in [-0.2, -0.15) is 0 Å². The molecule has 2 atom stereocenters. The van der Waals surface area contributed by atoms with Gasteiger partial charge in [0, 0.05) is 30.2 Å². The Morgan fingerprint density at radius 3 is 2.68 bits per heavy atom. The molecule has 144 valence electrons. The molecule has 3 aromatic rings. The summed E-state index contributed by atoms with van der Waals surface area (Å²) in [5, 5.41) is 2.04. The van der Waals surface area contributed by atoms with E-state index in [1.807, 2.05) is 30.3 Å². The number of benzene rings is 1.